The summed E-state index contributed by atoms with van der Waals surface area (Å²) in [6.07, 6.45) is 1.48. The van der Waals surface area contributed by atoms with Crippen molar-refractivity contribution in [1.29, 1.82) is 0 Å². The maximum atomic E-state index is 13.1. The molecule has 3 aromatic carbocycles. The monoisotopic (exact) mass is 593 g/mol. The van der Waals surface area contributed by atoms with Gasteiger partial charge in [0, 0.05) is 5.56 Å². The zero-order valence-corrected chi connectivity index (χ0v) is 22.5. The number of carbonyl (C=O) groups is 2. The molecule has 6 nitrogen and oxygen atoms in total. The number of amides is 2. The van der Waals surface area contributed by atoms with Gasteiger partial charge in [-0.05, 0) is 87.6 Å². The van der Waals surface area contributed by atoms with Gasteiger partial charge in [0.05, 0.1) is 20.7 Å². The van der Waals surface area contributed by atoms with Gasteiger partial charge in [0.2, 0.25) is 0 Å². The fraction of sp³-hybridized carbons (Fsp3) is 0.192. The quantitative estimate of drug-likeness (QED) is 0.223. The summed E-state index contributed by atoms with van der Waals surface area (Å²) in [5, 5.41) is 7.61. The third-order valence-corrected chi connectivity index (χ3v) is 6.42. The minimum Gasteiger partial charge on any atom is -0.488 e. The Balaban J connectivity index is 1.57. The SMILES string of the molecule is CC(C)C(NC(=O)c1ccc(F)cc1)C(=O)N/N=C/c1ccc(OCc2ccc(Cl)c(Cl)c2)c(Br)c1. The molecule has 1 unspecified atom stereocenters. The fourth-order valence-corrected chi connectivity index (χ4v) is 3.94. The van der Waals surface area contributed by atoms with E-state index in [1.165, 1.54) is 30.5 Å². The molecular weight excluding hydrogens is 572 g/mol. The van der Waals surface area contributed by atoms with Crippen LogP contribution in [0, 0.1) is 11.7 Å². The molecule has 0 heterocycles. The highest BCUT2D eigenvalue weighted by Gasteiger charge is 2.24. The van der Waals surface area contributed by atoms with Crippen LogP contribution in [0.3, 0.4) is 0 Å². The summed E-state index contributed by atoms with van der Waals surface area (Å²) in [6.45, 7) is 3.90. The molecule has 0 aromatic heterocycles. The van der Waals surface area contributed by atoms with Crippen LogP contribution in [0.15, 0.2) is 70.2 Å². The van der Waals surface area contributed by atoms with Crippen molar-refractivity contribution in [2.45, 2.75) is 26.5 Å². The van der Waals surface area contributed by atoms with Crippen molar-refractivity contribution in [2.24, 2.45) is 11.0 Å². The lowest BCUT2D eigenvalue weighted by molar-refractivity contribution is -0.123. The van der Waals surface area contributed by atoms with Crippen LogP contribution in [0.5, 0.6) is 5.75 Å². The van der Waals surface area contributed by atoms with E-state index < -0.39 is 23.7 Å². The minimum absolute atomic E-state index is 0.203. The van der Waals surface area contributed by atoms with Crippen molar-refractivity contribution in [2.75, 3.05) is 0 Å². The van der Waals surface area contributed by atoms with Crippen molar-refractivity contribution in [1.82, 2.24) is 10.7 Å². The predicted molar refractivity (Wildman–Crippen MR) is 143 cm³/mol. The Labute approximate surface area is 227 Å². The summed E-state index contributed by atoms with van der Waals surface area (Å²) >= 11 is 15.4. The number of hydrogen-bond donors (Lipinski definition) is 2. The van der Waals surface area contributed by atoms with Crippen molar-refractivity contribution in [3.63, 3.8) is 0 Å². The molecule has 0 radical (unpaired) electrons. The van der Waals surface area contributed by atoms with Gasteiger partial charge in [0.1, 0.15) is 24.2 Å². The largest absolute Gasteiger partial charge is 0.488 e. The summed E-state index contributed by atoms with van der Waals surface area (Å²) < 4.78 is 19.6. The Morgan fingerprint density at radius 3 is 2.42 bits per heavy atom. The third-order valence-electron chi connectivity index (χ3n) is 5.06. The van der Waals surface area contributed by atoms with Gasteiger partial charge < -0.3 is 10.1 Å². The summed E-state index contributed by atoms with van der Waals surface area (Å²) in [6, 6.07) is 14.9. The molecule has 0 aliphatic heterocycles. The molecule has 0 spiro atoms. The molecule has 0 saturated heterocycles. The normalized spacial score (nSPS) is 12.0. The number of ether oxygens (including phenoxy) is 1. The first-order chi connectivity index (χ1) is 17.1. The topological polar surface area (TPSA) is 79.8 Å². The van der Waals surface area contributed by atoms with Gasteiger partial charge >= 0.3 is 0 Å². The number of halogens is 4. The van der Waals surface area contributed by atoms with E-state index in [1.54, 1.807) is 44.2 Å². The van der Waals surface area contributed by atoms with Gasteiger partial charge in [-0.1, -0.05) is 43.1 Å². The maximum Gasteiger partial charge on any atom is 0.262 e. The number of hydrogen-bond acceptors (Lipinski definition) is 4. The van der Waals surface area contributed by atoms with Crippen LogP contribution >= 0.6 is 39.1 Å². The average molecular weight is 595 g/mol. The van der Waals surface area contributed by atoms with Crippen molar-refractivity contribution >= 4 is 57.2 Å². The number of hydrazone groups is 1. The molecule has 0 aliphatic carbocycles. The molecule has 0 saturated carbocycles. The second kappa shape index (κ2) is 12.9. The Bertz CT molecular complexity index is 1270. The molecule has 0 bridgehead atoms. The van der Waals surface area contributed by atoms with E-state index in [4.69, 9.17) is 27.9 Å². The van der Waals surface area contributed by atoms with E-state index >= 15 is 0 Å². The molecular formula is C26H23BrCl2FN3O3. The van der Waals surface area contributed by atoms with Gasteiger partial charge in [-0.3, -0.25) is 9.59 Å². The summed E-state index contributed by atoms with van der Waals surface area (Å²) in [4.78, 5) is 25.1. The smallest absolute Gasteiger partial charge is 0.262 e. The number of benzene rings is 3. The van der Waals surface area contributed by atoms with Gasteiger partial charge in [-0.2, -0.15) is 5.10 Å². The minimum atomic E-state index is -0.830. The standard InChI is InChI=1S/C26H23BrCl2FN3O3/c1-15(2)24(32-25(34)18-5-7-19(30)8-6-18)26(35)33-31-13-16-4-10-23(20(27)11-16)36-14-17-3-9-21(28)22(29)12-17/h3-13,15,24H,14H2,1-2H3,(H,32,34)(H,33,35)/b31-13+. The number of rotatable bonds is 9. The molecule has 2 N–H and O–H groups in total. The zero-order chi connectivity index (χ0) is 26.2. The van der Waals surface area contributed by atoms with Crippen LogP contribution in [0.1, 0.15) is 35.3 Å². The second-order valence-electron chi connectivity index (χ2n) is 8.16. The van der Waals surface area contributed by atoms with Crippen molar-refractivity contribution in [3.8, 4) is 5.75 Å². The molecule has 1 atom stereocenters. The highest BCUT2D eigenvalue weighted by Crippen LogP contribution is 2.28. The average Bonchev–Trinajstić information content (AvgIpc) is 2.84. The van der Waals surface area contributed by atoms with E-state index in [0.717, 1.165) is 5.56 Å². The summed E-state index contributed by atoms with van der Waals surface area (Å²) in [5.74, 6) is -0.987. The van der Waals surface area contributed by atoms with Gasteiger partial charge in [0.25, 0.3) is 11.8 Å². The molecule has 2 amide bonds. The Kier molecular flexibility index (Phi) is 9.87. The van der Waals surface area contributed by atoms with Crippen LogP contribution in [0.25, 0.3) is 0 Å². The summed E-state index contributed by atoms with van der Waals surface area (Å²) in [7, 11) is 0. The Hall–Kier alpha value is -2.94. The summed E-state index contributed by atoms with van der Waals surface area (Å²) in [5.41, 5.74) is 4.29. The lowest BCUT2D eigenvalue weighted by atomic mass is 10.0. The Morgan fingerprint density at radius 1 is 1.06 bits per heavy atom. The van der Waals surface area contributed by atoms with E-state index in [0.29, 0.717) is 32.4 Å². The molecule has 0 aliphatic rings. The van der Waals surface area contributed by atoms with E-state index in [2.05, 4.69) is 31.8 Å². The molecule has 36 heavy (non-hydrogen) atoms. The van der Waals surface area contributed by atoms with E-state index in [1.807, 2.05) is 6.07 Å². The molecule has 3 aromatic rings. The Morgan fingerprint density at radius 2 is 1.78 bits per heavy atom. The van der Waals surface area contributed by atoms with Gasteiger partial charge in [-0.15, -0.1) is 0 Å². The molecule has 3 rings (SSSR count). The molecule has 10 heteroatoms. The first-order valence-electron chi connectivity index (χ1n) is 10.9. The van der Waals surface area contributed by atoms with Crippen LogP contribution in [0.4, 0.5) is 4.39 Å². The van der Waals surface area contributed by atoms with Crippen LogP contribution in [-0.4, -0.2) is 24.1 Å². The first-order valence-corrected chi connectivity index (χ1v) is 12.4. The number of nitrogens with zero attached hydrogens (tertiary/aromatic N) is 1. The lowest BCUT2D eigenvalue weighted by Crippen LogP contribution is -2.48. The van der Waals surface area contributed by atoms with Gasteiger partial charge in [-0.25, -0.2) is 9.82 Å². The third kappa shape index (κ3) is 7.78. The number of nitrogens with one attached hydrogen (secondary N) is 2. The first kappa shape index (κ1) is 27.6. The second-order valence-corrected chi connectivity index (χ2v) is 9.83. The predicted octanol–water partition coefficient (Wildman–Crippen LogP) is 6.38. The molecule has 0 fully saturated rings. The maximum absolute atomic E-state index is 13.1. The molecule has 188 valence electrons. The van der Waals surface area contributed by atoms with E-state index in [-0.39, 0.29) is 11.5 Å². The fourth-order valence-electron chi connectivity index (χ4n) is 3.11. The van der Waals surface area contributed by atoms with Crippen LogP contribution in [0.2, 0.25) is 10.0 Å². The van der Waals surface area contributed by atoms with Crippen molar-refractivity contribution < 1.29 is 18.7 Å². The lowest BCUT2D eigenvalue weighted by Gasteiger charge is -2.20. The van der Waals surface area contributed by atoms with Crippen molar-refractivity contribution in [3.05, 3.63) is 97.7 Å². The van der Waals surface area contributed by atoms with Gasteiger partial charge in [0.15, 0.2) is 0 Å². The highest BCUT2D eigenvalue weighted by atomic mass is 79.9. The van der Waals surface area contributed by atoms with E-state index in [9.17, 15) is 14.0 Å². The highest BCUT2D eigenvalue weighted by molar-refractivity contribution is 9.10. The number of carbonyl (C=O) groups excluding carboxylic acids is 2. The van der Waals surface area contributed by atoms with Crippen LogP contribution in [-0.2, 0) is 11.4 Å². The van der Waals surface area contributed by atoms with Crippen LogP contribution < -0.4 is 15.5 Å². The zero-order valence-electron chi connectivity index (χ0n) is 19.4.